The first-order valence-corrected chi connectivity index (χ1v) is 7.64. The van der Waals surface area contributed by atoms with Gasteiger partial charge in [-0.15, -0.1) is 0 Å². The molecule has 1 heterocycles. The Morgan fingerprint density at radius 1 is 1.22 bits per heavy atom. The van der Waals surface area contributed by atoms with Gasteiger partial charge in [0, 0.05) is 23.5 Å². The maximum absolute atomic E-state index is 13.2. The minimum atomic E-state index is -0.973. The van der Waals surface area contributed by atoms with Gasteiger partial charge >= 0.3 is 0 Å². The van der Waals surface area contributed by atoms with Gasteiger partial charge in [-0.3, -0.25) is 4.79 Å². The van der Waals surface area contributed by atoms with E-state index in [0.717, 1.165) is 30.7 Å². The largest absolute Gasteiger partial charge is 0.359 e. The summed E-state index contributed by atoms with van der Waals surface area (Å²) in [4.78, 5) is 14.3. The van der Waals surface area contributed by atoms with Crippen LogP contribution in [0.5, 0.6) is 0 Å². The number of halogens is 2. The molecular weight excluding hydrogens is 298 g/mol. The van der Waals surface area contributed by atoms with Crippen LogP contribution in [0, 0.1) is 11.6 Å². The lowest BCUT2D eigenvalue weighted by Gasteiger charge is -2.36. The van der Waals surface area contributed by atoms with Crippen LogP contribution in [-0.4, -0.2) is 18.5 Å². The molecule has 2 aromatic rings. The van der Waals surface area contributed by atoms with Crippen LogP contribution < -0.4 is 10.2 Å². The number of aryl methyl sites for hydroxylation is 1. The van der Waals surface area contributed by atoms with E-state index < -0.39 is 11.6 Å². The Bertz CT molecular complexity index is 733. The van der Waals surface area contributed by atoms with Gasteiger partial charge in [-0.1, -0.05) is 18.2 Å². The molecule has 0 aromatic heterocycles. The van der Waals surface area contributed by atoms with E-state index in [-0.39, 0.29) is 24.2 Å². The van der Waals surface area contributed by atoms with Crippen molar-refractivity contribution in [2.75, 3.05) is 16.8 Å². The third-order valence-electron chi connectivity index (χ3n) is 4.18. The number of nitrogens with zero attached hydrogens (tertiary/aromatic N) is 1. The maximum Gasteiger partial charge on any atom is 0.243 e. The molecule has 0 saturated heterocycles. The van der Waals surface area contributed by atoms with Crippen molar-refractivity contribution in [3.05, 3.63) is 59.7 Å². The number of hydrogen-bond acceptors (Lipinski definition) is 2. The van der Waals surface area contributed by atoms with Crippen LogP contribution in [0.25, 0.3) is 0 Å². The second-order valence-corrected chi connectivity index (χ2v) is 5.82. The summed E-state index contributed by atoms with van der Waals surface area (Å²) >= 11 is 0. The fraction of sp³-hybridized carbons (Fsp3) is 0.278. The summed E-state index contributed by atoms with van der Waals surface area (Å²) in [5, 5.41) is 2.62. The summed E-state index contributed by atoms with van der Waals surface area (Å²) in [5.41, 5.74) is 2.55. The monoisotopic (exact) mass is 316 g/mol. The molecule has 0 aliphatic carbocycles. The Labute approximate surface area is 133 Å². The molecular formula is C18H18F2N2O. The van der Waals surface area contributed by atoms with Crippen LogP contribution in [0.4, 0.5) is 20.2 Å². The summed E-state index contributed by atoms with van der Waals surface area (Å²) < 4.78 is 26.1. The molecule has 5 heteroatoms. The van der Waals surface area contributed by atoms with Crippen LogP contribution in [-0.2, 0) is 11.2 Å². The Balaban J connectivity index is 1.73. The van der Waals surface area contributed by atoms with Gasteiger partial charge in [0.25, 0.3) is 0 Å². The normalized spacial score (nSPS) is 16.8. The average molecular weight is 316 g/mol. The van der Waals surface area contributed by atoms with Gasteiger partial charge in [-0.05, 0) is 43.5 Å². The molecule has 0 spiro atoms. The first-order chi connectivity index (χ1) is 11.0. The van der Waals surface area contributed by atoms with Gasteiger partial charge in [-0.25, -0.2) is 8.78 Å². The molecule has 1 atom stereocenters. The second kappa shape index (κ2) is 6.36. The molecule has 1 aliphatic heterocycles. The van der Waals surface area contributed by atoms with E-state index >= 15 is 0 Å². The quantitative estimate of drug-likeness (QED) is 0.935. The van der Waals surface area contributed by atoms with E-state index in [9.17, 15) is 13.6 Å². The first kappa shape index (κ1) is 15.5. The van der Waals surface area contributed by atoms with E-state index in [1.165, 1.54) is 11.6 Å². The number of hydrogen-bond donors (Lipinski definition) is 1. The minimum Gasteiger partial charge on any atom is -0.359 e. The van der Waals surface area contributed by atoms with Gasteiger partial charge < -0.3 is 10.2 Å². The lowest BCUT2D eigenvalue weighted by atomic mass is 9.96. The number of amides is 1. The van der Waals surface area contributed by atoms with Crippen molar-refractivity contribution >= 4 is 17.3 Å². The molecule has 23 heavy (non-hydrogen) atoms. The highest BCUT2D eigenvalue weighted by atomic mass is 19.2. The summed E-state index contributed by atoms with van der Waals surface area (Å²) in [7, 11) is 0. The third kappa shape index (κ3) is 3.33. The van der Waals surface area contributed by atoms with Gasteiger partial charge in [0.05, 0.1) is 6.54 Å². The third-order valence-corrected chi connectivity index (χ3v) is 4.18. The van der Waals surface area contributed by atoms with Crippen molar-refractivity contribution in [3.8, 4) is 0 Å². The van der Waals surface area contributed by atoms with Crippen molar-refractivity contribution in [1.29, 1.82) is 0 Å². The van der Waals surface area contributed by atoms with Crippen LogP contribution in [0.3, 0.4) is 0 Å². The molecule has 0 saturated carbocycles. The fourth-order valence-electron chi connectivity index (χ4n) is 2.93. The van der Waals surface area contributed by atoms with Gasteiger partial charge in [0.2, 0.25) is 5.91 Å². The molecule has 2 aromatic carbocycles. The molecule has 0 bridgehead atoms. The number of benzene rings is 2. The molecule has 3 rings (SSSR count). The predicted octanol–water partition coefficient (Wildman–Crippen LogP) is 3.74. The van der Waals surface area contributed by atoms with Crippen molar-refractivity contribution in [3.63, 3.8) is 0 Å². The zero-order valence-electron chi connectivity index (χ0n) is 12.9. The molecule has 0 fully saturated rings. The second-order valence-electron chi connectivity index (χ2n) is 5.82. The Morgan fingerprint density at radius 2 is 2.00 bits per heavy atom. The molecule has 1 amide bonds. The summed E-state index contributed by atoms with van der Waals surface area (Å²) in [6.45, 7) is 2.26. The number of rotatable bonds is 3. The van der Waals surface area contributed by atoms with Crippen LogP contribution >= 0.6 is 0 Å². The van der Waals surface area contributed by atoms with E-state index in [0.29, 0.717) is 0 Å². The molecule has 3 nitrogen and oxygen atoms in total. The van der Waals surface area contributed by atoms with Crippen molar-refractivity contribution < 1.29 is 13.6 Å². The molecule has 1 aliphatic rings. The summed E-state index contributed by atoms with van der Waals surface area (Å²) in [5.74, 6) is -2.15. The number of carbonyl (C=O) groups is 1. The maximum atomic E-state index is 13.2. The van der Waals surface area contributed by atoms with Gasteiger partial charge in [0.15, 0.2) is 11.6 Å². The number of carbonyl (C=O) groups excluding carboxylic acids is 1. The van der Waals surface area contributed by atoms with E-state index in [1.807, 2.05) is 23.1 Å². The van der Waals surface area contributed by atoms with Crippen molar-refractivity contribution in [2.24, 2.45) is 0 Å². The first-order valence-electron chi connectivity index (χ1n) is 7.64. The topological polar surface area (TPSA) is 32.3 Å². The zero-order chi connectivity index (χ0) is 16.4. The van der Waals surface area contributed by atoms with Crippen LogP contribution in [0.2, 0.25) is 0 Å². The molecule has 0 radical (unpaired) electrons. The SMILES string of the molecule is C[C@@H]1CCc2ccccc2N1CC(=O)Nc1ccc(F)c(F)c1. The lowest BCUT2D eigenvalue weighted by Crippen LogP contribution is -2.42. The molecule has 120 valence electrons. The molecule has 1 N–H and O–H groups in total. The minimum absolute atomic E-state index is 0.178. The highest BCUT2D eigenvalue weighted by Crippen LogP contribution is 2.30. The zero-order valence-corrected chi connectivity index (χ0v) is 12.9. The highest BCUT2D eigenvalue weighted by molar-refractivity contribution is 5.94. The van der Waals surface area contributed by atoms with Crippen molar-refractivity contribution in [1.82, 2.24) is 0 Å². The van der Waals surface area contributed by atoms with E-state index in [2.05, 4.69) is 18.3 Å². The number of nitrogens with one attached hydrogen (secondary N) is 1. The van der Waals surface area contributed by atoms with Crippen LogP contribution in [0.1, 0.15) is 18.9 Å². The average Bonchev–Trinajstić information content (AvgIpc) is 2.54. The Kier molecular flexibility index (Phi) is 4.28. The highest BCUT2D eigenvalue weighted by Gasteiger charge is 2.24. The predicted molar refractivity (Wildman–Crippen MR) is 86.6 cm³/mol. The smallest absolute Gasteiger partial charge is 0.243 e. The standard InChI is InChI=1S/C18H18F2N2O/c1-12-6-7-13-4-2-3-5-17(13)22(12)11-18(23)21-14-8-9-15(19)16(20)10-14/h2-5,8-10,12H,6-7,11H2,1H3,(H,21,23)/t12-/m1/s1. The van der Waals surface area contributed by atoms with Crippen LogP contribution in [0.15, 0.2) is 42.5 Å². The Morgan fingerprint density at radius 3 is 2.78 bits per heavy atom. The van der Waals surface area contributed by atoms with Crippen molar-refractivity contribution in [2.45, 2.75) is 25.8 Å². The van der Waals surface area contributed by atoms with Gasteiger partial charge in [-0.2, -0.15) is 0 Å². The summed E-state index contributed by atoms with van der Waals surface area (Å²) in [6.07, 6.45) is 1.98. The van der Waals surface area contributed by atoms with E-state index in [1.54, 1.807) is 0 Å². The Hall–Kier alpha value is -2.43. The fourth-order valence-corrected chi connectivity index (χ4v) is 2.93. The molecule has 0 unspecified atom stereocenters. The van der Waals surface area contributed by atoms with Gasteiger partial charge in [0.1, 0.15) is 0 Å². The number of anilines is 2. The lowest BCUT2D eigenvalue weighted by molar-refractivity contribution is -0.115. The van der Waals surface area contributed by atoms with E-state index in [4.69, 9.17) is 0 Å². The summed E-state index contributed by atoms with van der Waals surface area (Å²) in [6, 6.07) is 11.6. The number of para-hydroxylation sites is 1. The number of fused-ring (bicyclic) bond motifs is 1.